The second-order valence-electron chi connectivity index (χ2n) is 18.5. The molecule has 1 atom stereocenters. The maximum absolute atomic E-state index is 15.5. The largest absolute Gasteiger partial charge is 0.489 e. The number of anilines is 2. The van der Waals surface area contributed by atoms with Crippen molar-refractivity contribution in [1.29, 1.82) is 0 Å². The number of halogens is 1. The van der Waals surface area contributed by atoms with E-state index in [9.17, 15) is 19.2 Å². The van der Waals surface area contributed by atoms with Crippen LogP contribution in [0.25, 0.3) is 15.7 Å². The van der Waals surface area contributed by atoms with Crippen molar-refractivity contribution in [2.75, 3.05) is 55.6 Å². The molecule has 2 aromatic heterocycles. The van der Waals surface area contributed by atoms with Crippen molar-refractivity contribution in [3.05, 3.63) is 88.8 Å². The third kappa shape index (κ3) is 7.35. The third-order valence-electron chi connectivity index (χ3n) is 13.8. The molecule has 0 bridgehead atoms. The average molecular weight is 843 g/mol. The molecule has 2 aromatic carbocycles. The molecule has 16 heteroatoms. The number of imide groups is 1. The van der Waals surface area contributed by atoms with Gasteiger partial charge in [-0.3, -0.25) is 34.4 Å². The van der Waals surface area contributed by atoms with Crippen LogP contribution in [0.1, 0.15) is 79.8 Å². The first-order valence-corrected chi connectivity index (χ1v) is 21.5. The lowest BCUT2D eigenvalue weighted by atomic mass is 9.49. The molecule has 0 unspecified atom stereocenters. The zero-order valence-electron chi connectivity index (χ0n) is 35.5. The van der Waals surface area contributed by atoms with E-state index < -0.39 is 28.6 Å². The number of fused-ring (bicyclic) bond motifs is 2. The average Bonchev–Trinajstić information content (AvgIpc) is 3.58. The Morgan fingerprint density at radius 1 is 0.952 bits per heavy atom. The topological polar surface area (TPSA) is 158 Å². The van der Waals surface area contributed by atoms with Gasteiger partial charge in [0.25, 0.3) is 11.8 Å². The van der Waals surface area contributed by atoms with Crippen LogP contribution >= 0.6 is 0 Å². The van der Waals surface area contributed by atoms with Gasteiger partial charge in [-0.2, -0.15) is 0 Å². The fourth-order valence-corrected chi connectivity index (χ4v) is 10.8. The Kier molecular flexibility index (Phi) is 10.6. The third-order valence-corrected chi connectivity index (χ3v) is 13.8. The van der Waals surface area contributed by atoms with E-state index in [4.69, 9.17) is 11.3 Å². The monoisotopic (exact) mass is 842 g/mol. The molecule has 4 aliphatic heterocycles. The minimum absolute atomic E-state index is 0.170. The van der Waals surface area contributed by atoms with Crippen LogP contribution in [0, 0.1) is 29.1 Å². The summed E-state index contributed by atoms with van der Waals surface area (Å²) in [6.07, 6.45) is 3.87. The van der Waals surface area contributed by atoms with Crippen LogP contribution in [0.3, 0.4) is 0 Å². The Bertz CT molecular complexity index is 2470. The van der Waals surface area contributed by atoms with Crippen LogP contribution in [0.5, 0.6) is 5.75 Å². The standard InChI is InChI=1S/C46H51FN10O5/c1-45(2)43(46(3,4)44(45)62-36-11-8-32(48-5)39-29(36)7-6-16-49-39)51-40(59)33-9-12-37(53-52-33)56-17-14-27(15-18-56)25-54-19-21-55(22-20-54)35-23-28-26-57(42(61)30(28)24-31(35)47)34-10-13-38(58)50-41(34)60/h6-9,11-12,16,23-24,27,34,43-44H,10,13-15,17-22,25-26H2,1-4H3,(H,51,59)(H,50,58,60)/t34-,43?,44?/m0/s1. The molecular formula is C46H51FN10O5. The highest BCUT2D eigenvalue weighted by molar-refractivity contribution is 6.05. The number of rotatable bonds is 9. The zero-order valence-corrected chi connectivity index (χ0v) is 35.5. The Balaban J connectivity index is 0.741. The smallest absolute Gasteiger partial charge is 0.272 e. The lowest BCUT2D eigenvalue weighted by Gasteiger charge is -2.63. The second kappa shape index (κ2) is 15.9. The molecular weight excluding hydrogens is 792 g/mol. The van der Waals surface area contributed by atoms with Crippen LogP contribution in [-0.4, -0.2) is 113 Å². The van der Waals surface area contributed by atoms with E-state index in [1.165, 1.54) is 11.0 Å². The Morgan fingerprint density at radius 2 is 1.71 bits per heavy atom. The fourth-order valence-electron chi connectivity index (χ4n) is 10.8. The molecule has 15 nitrogen and oxygen atoms in total. The van der Waals surface area contributed by atoms with Crippen molar-refractivity contribution >= 4 is 51.7 Å². The maximum Gasteiger partial charge on any atom is 0.272 e. The highest BCUT2D eigenvalue weighted by Crippen LogP contribution is 2.56. The van der Waals surface area contributed by atoms with E-state index in [0.717, 1.165) is 56.8 Å². The molecule has 9 rings (SSSR count). The Hall–Kier alpha value is -6.21. The van der Waals surface area contributed by atoms with Gasteiger partial charge in [-0.15, -0.1) is 10.2 Å². The Labute approximate surface area is 359 Å². The molecule has 4 fully saturated rings. The molecule has 0 spiro atoms. The summed E-state index contributed by atoms with van der Waals surface area (Å²) in [5.74, 6) is -0.0159. The second-order valence-corrected chi connectivity index (χ2v) is 18.5. The first-order valence-electron chi connectivity index (χ1n) is 21.5. The normalized spacial score (nSPS) is 23.7. The summed E-state index contributed by atoms with van der Waals surface area (Å²) >= 11 is 0. The van der Waals surface area contributed by atoms with Gasteiger partial charge < -0.3 is 24.8 Å². The van der Waals surface area contributed by atoms with Crippen LogP contribution in [0.2, 0.25) is 0 Å². The quantitative estimate of drug-likeness (QED) is 0.170. The summed E-state index contributed by atoms with van der Waals surface area (Å²) in [7, 11) is 0. The van der Waals surface area contributed by atoms with Crippen molar-refractivity contribution in [3.8, 4) is 5.75 Å². The van der Waals surface area contributed by atoms with Crippen molar-refractivity contribution in [3.63, 3.8) is 0 Å². The summed E-state index contributed by atoms with van der Waals surface area (Å²) < 4.78 is 22.1. The van der Waals surface area contributed by atoms with Gasteiger partial charge >= 0.3 is 0 Å². The summed E-state index contributed by atoms with van der Waals surface area (Å²) in [5.41, 5.74) is 1.97. The lowest BCUT2D eigenvalue weighted by Crippen LogP contribution is -2.74. The summed E-state index contributed by atoms with van der Waals surface area (Å²) in [6, 6.07) is 13.0. The molecule has 5 aliphatic rings. The predicted molar refractivity (Wildman–Crippen MR) is 229 cm³/mol. The van der Waals surface area contributed by atoms with E-state index in [1.807, 2.05) is 29.2 Å². The molecule has 3 saturated heterocycles. The van der Waals surface area contributed by atoms with E-state index in [-0.39, 0.29) is 60.5 Å². The van der Waals surface area contributed by atoms with Crippen LogP contribution in [0.4, 0.5) is 21.6 Å². The molecule has 2 N–H and O–H groups in total. The number of nitrogens with zero attached hydrogens (tertiary/aromatic N) is 8. The maximum atomic E-state index is 15.5. The SMILES string of the molecule is [C-]#[N+]c1ccc(OC2C(C)(C)C(NC(=O)c3ccc(N4CCC(CN5CCN(c6cc7c(cc6F)C(=O)N([C@H]6CCC(=O)NC6=O)C7)CC5)CC4)nn3)C2(C)C)c2cccnc12. The lowest BCUT2D eigenvalue weighted by molar-refractivity contribution is -0.163. The number of ether oxygens (including phenoxy) is 1. The minimum atomic E-state index is -0.736. The van der Waals surface area contributed by atoms with E-state index in [2.05, 4.69) is 68.2 Å². The molecule has 4 aromatic rings. The Morgan fingerprint density at radius 3 is 2.40 bits per heavy atom. The molecule has 6 heterocycles. The van der Waals surface area contributed by atoms with Crippen LogP contribution in [0.15, 0.2) is 54.7 Å². The van der Waals surface area contributed by atoms with Crippen molar-refractivity contribution in [2.45, 2.75) is 78.1 Å². The molecule has 1 saturated carbocycles. The number of nitrogens with one attached hydrogen (secondary N) is 2. The molecule has 322 valence electrons. The highest BCUT2D eigenvalue weighted by atomic mass is 19.1. The van der Waals surface area contributed by atoms with Gasteiger partial charge in [0.05, 0.1) is 17.8 Å². The van der Waals surface area contributed by atoms with Gasteiger partial charge in [0, 0.05) is 92.8 Å². The molecule has 4 amide bonds. The van der Waals surface area contributed by atoms with Gasteiger partial charge in [-0.1, -0.05) is 33.8 Å². The number of amides is 4. The van der Waals surface area contributed by atoms with Gasteiger partial charge in [0.15, 0.2) is 11.5 Å². The molecule has 62 heavy (non-hydrogen) atoms. The first-order chi connectivity index (χ1) is 29.7. The first kappa shape index (κ1) is 41.2. The van der Waals surface area contributed by atoms with E-state index >= 15 is 4.39 Å². The van der Waals surface area contributed by atoms with Gasteiger partial charge in [-0.05, 0) is 73.2 Å². The molecule has 0 radical (unpaired) electrons. The van der Waals surface area contributed by atoms with Gasteiger partial charge in [-0.25, -0.2) is 9.24 Å². The predicted octanol–water partition coefficient (Wildman–Crippen LogP) is 5.13. The number of carbonyl (C=O) groups is 4. The summed E-state index contributed by atoms with van der Waals surface area (Å²) in [5, 5.41) is 15.1. The van der Waals surface area contributed by atoms with Gasteiger partial charge in [0.1, 0.15) is 23.7 Å². The van der Waals surface area contributed by atoms with Gasteiger partial charge in [0.2, 0.25) is 17.5 Å². The number of piperazine rings is 1. The number of pyridine rings is 1. The van der Waals surface area contributed by atoms with E-state index in [1.54, 1.807) is 24.4 Å². The van der Waals surface area contributed by atoms with Crippen LogP contribution < -0.4 is 25.2 Å². The number of carbonyl (C=O) groups excluding carboxylic acids is 4. The van der Waals surface area contributed by atoms with E-state index in [0.29, 0.717) is 47.2 Å². The van der Waals surface area contributed by atoms with Crippen molar-refractivity contribution < 1.29 is 28.3 Å². The number of aromatic nitrogens is 3. The van der Waals surface area contributed by atoms with Crippen molar-refractivity contribution in [1.82, 2.24) is 35.6 Å². The fraction of sp³-hybridized carbons (Fsp3) is 0.478. The number of hydrogen-bond donors (Lipinski definition) is 2. The highest BCUT2D eigenvalue weighted by Gasteiger charge is 2.64. The minimum Gasteiger partial charge on any atom is -0.489 e. The number of piperidine rings is 2. The molecule has 1 aliphatic carbocycles. The van der Waals surface area contributed by atoms with Crippen LogP contribution in [-0.2, 0) is 16.1 Å². The summed E-state index contributed by atoms with van der Waals surface area (Å²) in [4.78, 5) is 67.0. The zero-order chi connectivity index (χ0) is 43.5. The number of hydrogen-bond acceptors (Lipinski definition) is 11. The summed E-state index contributed by atoms with van der Waals surface area (Å²) in [6.45, 7) is 21.6. The van der Waals surface area contributed by atoms with Crippen molar-refractivity contribution in [2.24, 2.45) is 16.7 Å². The number of benzene rings is 2.